The Balaban J connectivity index is 1.10. The third kappa shape index (κ3) is 5.27. The molecule has 6 aromatic rings. The fourth-order valence-corrected chi connectivity index (χ4v) is 9.15. The lowest BCUT2D eigenvalue weighted by Gasteiger charge is -2.32. The Morgan fingerprint density at radius 3 is 2.37 bits per heavy atom. The quantitative estimate of drug-likeness (QED) is 0.162. The number of amides is 2. The molecule has 1 saturated heterocycles. The number of hydrogen-bond donors (Lipinski definition) is 1. The van der Waals surface area contributed by atoms with Crippen molar-refractivity contribution in [2.45, 2.75) is 63.8 Å². The molecule has 2 amide bonds. The number of nitrogens with zero attached hydrogens (tertiary/aromatic N) is 5. The highest BCUT2D eigenvalue weighted by molar-refractivity contribution is 6.28. The normalized spacial score (nSPS) is 22.5. The maximum atomic E-state index is 16.5. The van der Waals surface area contributed by atoms with Crippen LogP contribution in [-0.4, -0.2) is 43.7 Å². The van der Waals surface area contributed by atoms with Gasteiger partial charge in [0.25, 0.3) is 11.8 Å². The molecule has 0 saturated carbocycles. The van der Waals surface area contributed by atoms with E-state index in [0.29, 0.717) is 53.3 Å². The van der Waals surface area contributed by atoms with Gasteiger partial charge < -0.3 is 14.7 Å². The first-order chi connectivity index (χ1) is 26.1. The van der Waals surface area contributed by atoms with Gasteiger partial charge in [-0.1, -0.05) is 97.1 Å². The summed E-state index contributed by atoms with van der Waals surface area (Å²) in [5.74, 6) is -1.65. The highest BCUT2D eigenvalue weighted by atomic mass is 19.1. The predicted octanol–water partition coefficient (Wildman–Crippen LogP) is 8.04. The molecule has 4 heterocycles. The number of aliphatic hydroxyl groups is 1. The average Bonchev–Trinajstić information content (AvgIpc) is 3.91. The highest BCUT2D eigenvalue weighted by Gasteiger charge is 2.66. The van der Waals surface area contributed by atoms with Crippen LogP contribution >= 0.6 is 0 Å². The predicted molar refractivity (Wildman–Crippen MR) is 204 cm³/mol. The highest BCUT2D eigenvalue weighted by Crippen LogP contribution is 2.59. The van der Waals surface area contributed by atoms with E-state index in [1.54, 1.807) is 34.5 Å². The van der Waals surface area contributed by atoms with Crippen LogP contribution in [0.15, 0.2) is 121 Å². The number of benzene rings is 5. The minimum Gasteiger partial charge on any atom is -0.382 e. The van der Waals surface area contributed by atoms with Crippen LogP contribution in [0.5, 0.6) is 0 Å². The van der Waals surface area contributed by atoms with Crippen molar-refractivity contribution in [2.75, 3.05) is 9.80 Å². The van der Waals surface area contributed by atoms with Gasteiger partial charge in [0.15, 0.2) is 5.60 Å². The number of ether oxygens (including phenoxy) is 1. The number of aryl methyl sites for hydroxylation is 1. The molecular formula is C44H40FN5O4. The summed E-state index contributed by atoms with van der Waals surface area (Å²) in [6.45, 7) is 5.64. The molecule has 0 unspecified atom stereocenters. The zero-order chi connectivity index (χ0) is 37.4. The number of fused-ring (bicyclic) bond motifs is 2. The Morgan fingerprint density at radius 2 is 1.63 bits per heavy atom. The number of hydrogen-bond acceptors (Lipinski definition) is 6. The molecule has 1 aromatic heterocycles. The fraction of sp³-hybridized carbons (Fsp3) is 0.273. The van der Waals surface area contributed by atoms with Gasteiger partial charge >= 0.3 is 0 Å². The van der Waals surface area contributed by atoms with Gasteiger partial charge in [-0.3, -0.25) is 19.2 Å². The summed E-state index contributed by atoms with van der Waals surface area (Å²) in [4.78, 5) is 32.6. The van der Waals surface area contributed by atoms with Crippen molar-refractivity contribution >= 4 is 39.6 Å². The van der Waals surface area contributed by atoms with E-state index in [9.17, 15) is 9.90 Å². The Bertz CT molecular complexity index is 2410. The van der Waals surface area contributed by atoms with Crippen LogP contribution in [0.25, 0.3) is 10.8 Å². The van der Waals surface area contributed by atoms with Crippen molar-refractivity contribution in [1.29, 1.82) is 0 Å². The largest absolute Gasteiger partial charge is 0.382 e. The molecule has 10 heteroatoms. The standard InChI is InChI=1S/C44H40FN5O4/c1-27-39(43(2,3)45)37(22-23-48-26-34(46-47-48)40(51)30-14-8-5-9-15-30)54-44(27)33-24-31(20-21-35(33)49(42(44)53)25-28-12-6-4-7-13-28)50-36-19-11-17-29-16-10-18-32(38(29)36)41(50)52/h4-21,24,26-27,37,39-40,51H,22-23,25H2,1-3H3/t27-,37+,39-,40-,44+/m1/s1. The smallest absolute Gasteiger partial charge is 0.264 e. The lowest BCUT2D eigenvalue weighted by Crippen LogP contribution is -2.45. The number of aromatic nitrogens is 3. The van der Waals surface area contributed by atoms with Crippen LogP contribution in [0.1, 0.15) is 66.0 Å². The van der Waals surface area contributed by atoms with Crippen molar-refractivity contribution in [3.63, 3.8) is 0 Å². The Hall–Kier alpha value is -5.71. The first-order valence-electron chi connectivity index (χ1n) is 18.4. The molecule has 5 aromatic carbocycles. The summed E-state index contributed by atoms with van der Waals surface area (Å²) in [6.07, 6.45) is 0.423. The summed E-state index contributed by atoms with van der Waals surface area (Å²) < 4.78 is 25.2. The van der Waals surface area contributed by atoms with Crippen molar-refractivity contribution in [3.8, 4) is 0 Å². The van der Waals surface area contributed by atoms with Crippen LogP contribution in [0.3, 0.4) is 0 Å². The monoisotopic (exact) mass is 721 g/mol. The van der Waals surface area contributed by atoms with E-state index in [-0.39, 0.29) is 11.8 Å². The summed E-state index contributed by atoms with van der Waals surface area (Å²) in [6, 6.07) is 36.3. The summed E-state index contributed by atoms with van der Waals surface area (Å²) >= 11 is 0. The molecule has 5 atom stereocenters. The van der Waals surface area contributed by atoms with Gasteiger partial charge in [0, 0.05) is 35.0 Å². The van der Waals surface area contributed by atoms with Gasteiger partial charge in [-0.05, 0) is 67.1 Å². The molecule has 0 aliphatic carbocycles. The first kappa shape index (κ1) is 34.1. The topological polar surface area (TPSA) is 101 Å². The van der Waals surface area contributed by atoms with E-state index >= 15 is 9.18 Å². The summed E-state index contributed by atoms with van der Waals surface area (Å²) in [7, 11) is 0. The molecule has 272 valence electrons. The van der Waals surface area contributed by atoms with Crippen LogP contribution in [0, 0.1) is 11.8 Å². The third-order valence-corrected chi connectivity index (χ3v) is 11.5. The maximum Gasteiger partial charge on any atom is 0.264 e. The van der Waals surface area contributed by atoms with Gasteiger partial charge in [-0.25, -0.2) is 4.39 Å². The van der Waals surface area contributed by atoms with Gasteiger partial charge in [0.05, 0.1) is 35.8 Å². The molecule has 9 rings (SSSR count). The Kier molecular flexibility index (Phi) is 8.02. The number of carbonyl (C=O) groups is 2. The minimum atomic E-state index is -1.71. The van der Waals surface area contributed by atoms with E-state index in [1.807, 2.05) is 122 Å². The second-order valence-electron chi connectivity index (χ2n) is 15.2. The minimum absolute atomic E-state index is 0.146. The molecule has 3 aliphatic rings. The zero-order valence-electron chi connectivity index (χ0n) is 30.3. The van der Waals surface area contributed by atoms with Crippen molar-refractivity contribution in [1.82, 2.24) is 15.0 Å². The third-order valence-electron chi connectivity index (χ3n) is 11.5. The molecular weight excluding hydrogens is 682 g/mol. The number of halogens is 1. The van der Waals surface area contributed by atoms with Crippen LogP contribution < -0.4 is 9.80 Å². The van der Waals surface area contributed by atoms with Crippen molar-refractivity contribution in [3.05, 3.63) is 149 Å². The fourth-order valence-electron chi connectivity index (χ4n) is 9.15. The molecule has 0 radical (unpaired) electrons. The van der Waals surface area contributed by atoms with Crippen molar-refractivity contribution < 1.29 is 23.8 Å². The average molecular weight is 722 g/mol. The van der Waals surface area contributed by atoms with E-state index in [0.717, 1.165) is 22.0 Å². The van der Waals surface area contributed by atoms with Crippen molar-refractivity contribution in [2.24, 2.45) is 11.8 Å². The van der Waals surface area contributed by atoms with E-state index in [1.165, 1.54) is 0 Å². The zero-order valence-corrected chi connectivity index (χ0v) is 30.3. The van der Waals surface area contributed by atoms with E-state index in [4.69, 9.17) is 4.74 Å². The first-order valence-corrected chi connectivity index (χ1v) is 18.4. The van der Waals surface area contributed by atoms with E-state index in [2.05, 4.69) is 10.3 Å². The Morgan fingerprint density at radius 1 is 0.907 bits per heavy atom. The van der Waals surface area contributed by atoms with Gasteiger partial charge in [-0.2, -0.15) is 0 Å². The Labute approximate surface area is 312 Å². The number of alkyl halides is 1. The van der Waals surface area contributed by atoms with Crippen LogP contribution in [-0.2, 0) is 28.2 Å². The van der Waals surface area contributed by atoms with Crippen LogP contribution in [0.2, 0.25) is 0 Å². The number of anilines is 3. The van der Waals surface area contributed by atoms with Gasteiger partial charge in [0.2, 0.25) is 0 Å². The second kappa shape index (κ2) is 12.7. The maximum absolute atomic E-state index is 16.5. The molecule has 1 N–H and O–H groups in total. The molecule has 1 spiro atoms. The molecule has 54 heavy (non-hydrogen) atoms. The SMILES string of the molecule is C[C@@H]1[C@@H](C(C)(C)F)[C@H](CCn2cc([C@H](O)c3ccccc3)nn2)O[C@@]12C(=O)N(Cc1ccccc1)c1ccc(N3C(=O)c4cccc5cccc3c45)cc12. The summed E-state index contributed by atoms with van der Waals surface area (Å²) in [5.41, 5.74) is 2.12. The van der Waals surface area contributed by atoms with E-state index < -0.39 is 35.3 Å². The van der Waals surface area contributed by atoms with Gasteiger partial charge in [0.1, 0.15) is 17.5 Å². The molecule has 9 nitrogen and oxygen atoms in total. The number of aliphatic hydroxyl groups excluding tert-OH is 1. The number of rotatable bonds is 9. The number of carbonyl (C=O) groups excluding carboxylic acids is 2. The lowest BCUT2D eigenvalue weighted by molar-refractivity contribution is -0.146. The summed E-state index contributed by atoms with van der Waals surface area (Å²) in [5, 5.41) is 21.3. The molecule has 3 aliphatic heterocycles. The second-order valence-corrected chi connectivity index (χ2v) is 15.2. The van der Waals surface area contributed by atoms with Gasteiger partial charge in [-0.15, -0.1) is 5.10 Å². The van der Waals surface area contributed by atoms with Crippen LogP contribution in [0.4, 0.5) is 21.5 Å². The molecule has 1 fully saturated rings. The molecule has 0 bridgehead atoms. The lowest BCUT2D eigenvalue weighted by atomic mass is 9.71.